The molecule has 0 spiro atoms. The third-order valence-corrected chi connectivity index (χ3v) is 1.42. The zero-order chi connectivity index (χ0) is 8.43. The van der Waals surface area contributed by atoms with Gasteiger partial charge in [-0.3, -0.25) is 4.57 Å². The third kappa shape index (κ3) is 1.36. The molecule has 0 bridgehead atoms. The molecule has 0 unspecified atom stereocenters. The van der Waals surface area contributed by atoms with Crippen LogP contribution in [0.3, 0.4) is 0 Å². The van der Waals surface area contributed by atoms with Crippen LogP contribution in [0.25, 0.3) is 0 Å². The number of aryl methyl sites for hydroxylation is 1. The van der Waals surface area contributed by atoms with Gasteiger partial charge >= 0.3 is 5.69 Å². The van der Waals surface area contributed by atoms with Gasteiger partial charge in [0.25, 0.3) is 0 Å². The lowest BCUT2D eigenvalue weighted by Crippen LogP contribution is -2.25. The van der Waals surface area contributed by atoms with E-state index in [0.29, 0.717) is 12.2 Å². The van der Waals surface area contributed by atoms with E-state index in [4.69, 9.17) is 5.73 Å². The Hall–Kier alpha value is -1.39. The minimum absolute atomic E-state index is 0.210. The smallest absolute Gasteiger partial charge is 0.351 e. The number of hydrogen-bond donors (Lipinski definition) is 1. The maximum atomic E-state index is 11.0. The Morgan fingerprint density at radius 2 is 2.18 bits per heavy atom. The molecule has 5 heteroatoms. The van der Waals surface area contributed by atoms with Gasteiger partial charge in [0.15, 0.2) is 0 Å². The van der Waals surface area contributed by atoms with Crippen molar-refractivity contribution in [2.45, 2.75) is 13.3 Å². The normalized spacial score (nSPS) is 10.0. The highest BCUT2D eigenvalue weighted by molar-refractivity contribution is 5.15. The van der Waals surface area contributed by atoms with E-state index < -0.39 is 0 Å². The van der Waals surface area contributed by atoms with Crippen LogP contribution in [0, 0.1) is 0 Å². The molecule has 0 aliphatic heterocycles. The van der Waals surface area contributed by atoms with Crippen LogP contribution in [0.2, 0.25) is 0 Å². The highest BCUT2D eigenvalue weighted by Crippen LogP contribution is 1.91. The number of nitrogens with zero attached hydrogens (tertiary/aromatic N) is 3. The first-order valence-corrected chi connectivity index (χ1v) is 3.34. The summed E-state index contributed by atoms with van der Waals surface area (Å²) in [5.74, 6) is 0.701. The molecule has 2 N–H and O–H groups in total. The average Bonchev–Trinajstić information content (AvgIpc) is 1.99. The van der Waals surface area contributed by atoms with Gasteiger partial charge in [-0.2, -0.15) is 9.97 Å². The molecule has 0 aliphatic rings. The molecule has 1 aromatic heterocycles. The van der Waals surface area contributed by atoms with Crippen LogP contribution in [-0.2, 0) is 13.5 Å². The fourth-order valence-corrected chi connectivity index (χ4v) is 0.674. The van der Waals surface area contributed by atoms with Crippen LogP contribution in [0.15, 0.2) is 4.79 Å². The summed E-state index contributed by atoms with van der Waals surface area (Å²) >= 11 is 0. The summed E-state index contributed by atoms with van der Waals surface area (Å²) in [6.45, 7) is 1.87. The molecule has 0 atom stereocenters. The molecular formula is C6H10N4O. The molecule has 1 rings (SSSR count). The quantitative estimate of drug-likeness (QED) is 0.581. The number of nitrogens with two attached hydrogens (primary N) is 1. The van der Waals surface area contributed by atoms with Gasteiger partial charge < -0.3 is 5.73 Å². The van der Waals surface area contributed by atoms with E-state index in [1.54, 1.807) is 0 Å². The summed E-state index contributed by atoms with van der Waals surface area (Å²) in [6, 6.07) is 0. The fourth-order valence-electron chi connectivity index (χ4n) is 0.674. The monoisotopic (exact) mass is 154 g/mol. The van der Waals surface area contributed by atoms with Gasteiger partial charge in [0, 0.05) is 13.5 Å². The van der Waals surface area contributed by atoms with Crippen LogP contribution in [0.5, 0.6) is 0 Å². The molecule has 0 radical (unpaired) electrons. The van der Waals surface area contributed by atoms with Crippen molar-refractivity contribution in [3.8, 4) is 0 Å². The Balaban J connectivity index is 3.32. The van der Waals surface area contributed by atoms with Crippen molar-refractivity contribution in [2.75, 3.05) is 5.73 Å². The highest BCUT2D eigenvalue weighted by Gasteiger charge is 2.00. The van der Waals surface area contributed by atoms with Gasteiger partial charge in [0.1, 0.15) is 5.82 Å². The topological polar surface area (TPSA) is 73.8 Å². The van der Waals surface area contributed by atoms with Crippen molar-refractivity contribution in [3.05, 3.63) is 16.3 Å². The van der Waals surface area contributed by atoms with E-state index >= 15 is 0 Å². The van der Waals surface area contributed by atoms with E-state index in [-0.39, 0.29) is 11.6 Å². The van der Waals surface area contributed by atoms with E-state index in [9.17, 15) is 4.79 Å². The summed E-state index contributed by atoms with van der Waals surface area (Å²) < 4.78 is 1.21. The summed E-state index contributed by atoms with van der Waals surface area (Å²) in [5.41, 5.74) is 5.06. The second-order valence-electron chi connectivity index (χ2n) is 2.19. The predicted octanol–water partition coefficient (Wildman–Crippen LogP) is -0.680. The third-order valence-electron chi connectivity index (χ3n) is 1.42. The first-order chi connectivity index (χ1) is 5.15. The maximum Gasteiger partial charge on any atom is 0.351 e. The molecule has 60 valence electrons. The van der Waals surface area contributed by atoms with Crippen LogP contribution >= 0.6 is 0 Å². The number of aromatic nitrogens is 3. The predicted molar refractivity (Wildman–Crippen MR) is 41.1 cm³/mol. The van der Waals surface area contributed by atoms with Crippen molar-refractivity contribution in [1.29, 1.82) is 0 Å². The minimum Gasteiger partial charge on any atom is -0.369 e. The summed E-state index contributed by atoms with van der Waals surface area (Å²) in [4.78, 5) is 18.5. The second-order valence-corrected chi connectivity index (χ2v) is 2.19. The molecule has 0 aromatic carbocycles. The van der Waals surface area contributed by atoms with Gasteiger partial charge in [0.2, 0.25) is 5.95 Å². The summed E-state index contributed by atoms with van der Waals surface area (Å²) in [5, 5.41) is 0. The molecule has 1 heterocycles. The standard InChI is InChI=1S/C6H10N4O/c1-3-4-8-5(7)10(2)6(11)9-4/h3H2,1-2H3,(H2,7,8,9,11). The first-order valence-electron chi connectivity index (χ1n) is 3.34. The lowest BCUT2D eigenvalue weighted by atomic mass is 10.5. The van der Waals surface area contributed by atoms with Gasteiger partial charge in [-0.1, -0.05) is 6.92 Å². The minimum atomic E-state index is -0.352. The molecule has 5 nitrogen and oxygen atoms in total. The number of nitrogen functional groups attached to an aromatic ring is 1. The van der Waals surface area contributed by atoms with Crippen LogP contribution in [0.4, 0.5) is 5.95 Å². The molecule has 11 heavy (non-hydrogen) atoms. The van der Waals surface area contributed by atoms with Gasteiger partial charge in [0.05, 0.1) is 0 Å². The first kappa shape index (κ1) is 7.71. The lowest BCUT2D eigenvalue weighted by molar-refractivity contribution is 0.751. The highest BCUT2D eigenvalue weighted by atomic mass is 16.1. The average molecular weight is 154 g/mol. The van der Waals surface area contributed by atoms with Crippen molar-refractivity contribution in [2.24, 2.45) is 7.05 Å². The molecule has 0 saturated heterocycles. The molecule has 0 fully saturated rings. The molecule has 1 aromatic rings. The molecular weight excluding hydrogens is 144 g/mol. The Bertz CT molecular complexity index is 317. The number of rotatable bonds is 1. The van der Waals surface area contributed by atoms with E-state index in [1.165, 1.54) is 11.6 Å². The largest absolute Gasteiger partial charge is 0.369 e. The number of hydrogen-bond acceptors (Lipinski definition) is 4. The van der Waals surface area contributed by atoms with Crippen molar-refractivity contribution in [1.82, 2.24) is 14.5 Å². The molecule has 0 amide bonds. The van der Waals surface area contributed by atoms with Crippen LogP contribution in [0.1, 0.15) is 12.7 Å². The van der Waals surface area contributed by atoms with Gasteiger partial charge in [-0.15, -0.1) is 0 Å². The molecule has 0 saturated carbocycles. The van der Waals surface area contributed by atoms with Crippen molar-refractivity contribution < 1.29 is 0 Å². The van der Waals surface area contributed by atoms with Crippen molar-refractivity contribution in [3.63, 3.8) is 0 Å². The van der Waals surface area contributed by atoms with E-state index in [1.807, 2.05) is 6.92 Å². The summed E-state index contributed by atoms with van der Waals surface area (Å²) in [7, 11) is 1.54. The Morgan fingerprint density at radius 3 is 2.64 bits per heavy atom. The van der Waals surface area contributed by atoms with E-state index in [2.05, 4.69) is 9.97 Å². The molecule has 0 aliphatic carbocycles. The Kier molecular flexibility index (Phi) is 1.89. The lowest BCUT2D eigenvalue weighted by Gasteiger charge is -2.01. The van der Waals surface area contributed by atoms with Crippen molar-refractivity contribution >= 4 is 5.95 Å². The maximum absolute atomic E-state index is 11.0. The summed E-state index contributed by atoms with van der Waals surface area (Å²) in [6.07, 6.45) is 0.625. The Morgan fingerprint density at radius 1 is 1.55 bits per heavy atom. The van der Waals surface area contributed by atoms with Crippen LogP contribution in [-0.4, -0.2) is 14.5 Å². The van der Waals surface area contributed by atoms with Gasteiger partial charge in [-0.05, 0) is 0 Å². The second kappa shape index (κ2) is 2.69. The fraction of sp³-hybridized carbons (Fsp3) is 0.500. The number of anilines is 1. The van der Waals surface area contributed by atoms with E-state index in [0.717, 1.165) is 0 Å². The zero-order valence-electron chi connectivity index (χ0n) is 6.53. The van der Waals surface area contributed by atoms with Gasteiger partial charge in [-0.25, -0.2) is 4.79 Å². The Labute approximate surface area is 63.9 Å². The SMILES string of the molecule is CCc1nc(N)n(C)c(=O)n1. The zero-order valence-corrected chi connectivity index (χ0v) is 6.53. The van der Waals surface area contributed by atoms with Crippen LogP contribution < -0.4 is 11.4 Å².